The highest BCUT2D eigenvalue weighted by Crippen LogP contribution is 2.04. The zero-order chi connectivity index (χ0) is 10.7. The first-order chi connectivity index (χ1) is 7.27. The molecule has 2 rings (SSSR count). The molecule has 2 aromatic heterocycles. The van der Waals surface area contributed by atoms with E-state index in [0.29, 0.717) is 5.82 Å². The summed E-state index contributed by atoms with van der Waals surface area (Å²) < 4.78 is 0. The number of aromatic amines is 2. The lowest BCUT2D eigenvalue weighted by atomic mass is 10.3. The first-order valence-electron chi connectivity index (χ1n) is 4.29. The van der Waals surface area contributed by atoms with Gasteiger partial charge in [-0.15, -0.1) is 0 Å². The molecule has 0 fully saturated rings. The highest BCUT2D eigenvalue weighted by molar-refractivity contribution is 5.91. The van der Waals surface area contributed by atoms with Crippen LogP contribution in [0.2, 0.25) is 0 Å². The molecule has 1 unspecified atom stereocenters. The molecule has 0 saturated carbocycles. The molecule has 0 bridgehead atoms. The number of carbonyl (C=O) groups excluding carboxylic acids is 1. The van der Waals surface area contributed by atoms with Crippen molar-refractivity contribution in [1.82, 2.24) is 35.9 Å². The third-order valence-electron chi connectivity index (χ3n) is 1.84. The number of aromatic nitrogens is 6. The lowest BCUT2D eigenvalue weighted by Gasteiger charge is -2.08. The van der Waals surface area contributed by atoms with Crippen molar-refractivity contribution in [1.29, 1.82) is 0 Å². The van der Waals surface area contributed by atoms with Crippen molar-refractivity contribution < 1.29 is 4.79 Å². The van der Waals surface area contributed by atoms with Gasteiger partial charge in [0.15, 0.2) is 5.69 Å². The molecule has 3 N–H and O–H groups in total. The molecule has 2 aromatic rings. The molecule has 1 atom stereocenters. The van der Waals surface area contributed by atoms with Crippen molar-refractivity contribution in [2.75, 3.05) is 0 Å². The summed E-state index contributed by atoms with van der Waals surface area (Å²) in [5, 5.41) is 18.6. The van der Waals surface area contributed by atoms with Gasteiger partial charge in [-0.25, -0.2) is 4.98 Å². The fraction of sp³-hybridized carbons (Fsp3) is 0.286. The summed E-state index contributed by atoms with van der Waals surface area (Å²) in [6, 6.07) is -0.253. The number of hydrogen-bond acceptors (Lipinski definition) is 5. The lowest BCUT2D eigenvalue weighted by Crippen LogP contribution is -2.27. The summed E-state index contributed by atoms with van der Waals surface area (Å²) in [7, 11) is 0. The Bertz CT molecular complexity index is 420. The molecular weight excluding hydrogens is 198 g/mol. The molecule has 15 heavy (non-hydrogen) atoms. The van der Waals surface area contributed by atoms with Crippen molar-refractivity contribution in [3.05, 3.63) is 24.0 Å². The summed E-state index contributed by atoms with van der Waals surface area (Å²) in [6.45, 7) is 1.79. The van der Waals surface area contributed by atoms with Gasteiger partial charge in [0, 0.05) is 0 Å². The van der Waals surface area contributed by atoms with Crippen molar-refractivity contribution in [3.8, 4) is 0 Å². The maximum absolute atomic E-state index is 11.5. The SMILES string of the molecule is CC(NC(=O)c1cn[nH]n1)c1ncn[nH]1. The van der Waals surface area contributed by atoms with Gasteiger partial charge >= 0.3 is 0 Å². The molecule has 0 aliphatic heterocycles. The number of hydrogen-bond donors (Lipinski definition) is 3. The van der Waals surface area contributed by atoms with Gasteiger partial charge in [-0.2, -0.15) is 20.5 Å². The van der Waals surface area contributed by atoms with Crippen LogP contribution in [0.4, 0.5) is 0 Å². The van der Waals surface area contributed by atoms with Gasteiger partial charge in [0.25, 0.3) is 5.91 Å². The molecule has 0 aromatic carbocycles. The van der Waals surface area contributed by atoms with E-state index in [1.165, 1.54) is 12.5 Å². The molecule has 0 spiro atoms. The molecule has 1 amide bonds. The molecule has 0 saturated heterocycles. The van der Waals surface area contributed by atoms with Crippen LogP contribution < -0.4 is 5.32 Å². The van der Waals surface area contributed by atoms with Crippen LogP contribution in [0.15, 0.2) is 12.5 Å². The second kappa shape index (κ2) is 3.86. The van der Waals surface area contributed by atoms with E-state index in [1.807, 2.05) is 0 Å². The average Bonchev–Trinajstić information content (AvgIpc) is 2.91. The molecular formula is C7H9N7O. The van der Waals surface area contributed by atoms with Crippen LogP contribution >= 0.6 is 0 Å². The molecule has 78 valence electrons. The fourth-order valence-electron chi connectivity index (χ4n) is 1.07. The van der Waals surface area contributed by atoms with E-state index < -0.39 is 0 Å². The number of nitrogens with one attached hydrogen (secondary N) is 3. The Labute approximate surface area is 84.5 Å². The third kappa shape index (κ3) is 1.98. The maximum atomic E-state index is 11.5. The lowest BCUT2D eigenvalue weighted by molar-refractivity contribution is 0.0933. The van der Waals surface area contributed by atoms with Gasteiger partial charge in [0.1, 0.15) is 12.2 Å². The van der Waals surface area contributed by atoms with E-state index in [1.54, 1.807) is 6.92 Å². The van der Waals surface area contributed by atoms with Gasteiger partial charge in [-0.3, -0.25) is 9.89 Å². The number of rotatable bonds is 3. The highest BCUT2D eigenvalue weighted by atomic mass is 16.2. The Balaban J connectivity index is 2.01. The Kier molecular flexibility index (Phi) is 2.40. The molecule has 2 heterocycles. The molecule has 0 aliphatic rings. The zero-order valence-electron chi connectivity index (χ0n) is 7.93. The quantitative estimate of drug-likeness (QED) is 0.623. The zero-order valence-corrected chi connectivity index (χ0v) is 7.93. The van der Waals surface area contributed by atoms with Gasteiger partial charge in [0.05, 0.1) is 12.2 Å². The van der Waals surface area contributed by atoms with E-state index in [9.17, 15) is 4.79 Å². The topological polar surface area (TPSA) is 112 Å². The second-order valence-corrected chi connectivity index (χ2v) is 2.92. The van der Waals surface area contributed by atoms with Crippen LogP contribution in [0.25, 0.3) is 0 Å². The Hall–Kier alpha value is -2.25. The number of nitrogens with zero attached hydrogens (tertiary/aromatic N) is 4. The monoisotopic (exact) mass is 207 g/mol. The van der Waals surface area contributed by atoms with E-state index in [-0.39, 0.29) is 17.6 Å². The highest BCUT2D eigenvalue weighted by Gasteiger charge is 2.14. The van der Waals surface area contributed by atoms with E-state index >= 15 is 0 Å². The van der Waals surface area contributed by atoms with Crippen LogP contribution in [0.1, 0.15) is 29.3 Å². The average molecular weight is 207 g/mol. The largest absolute Gasteiger partial charge is 0.341 e. The van der Waals surface area contributed by atoms with Crippen LogP contribution in [-0.4, -0.2) is 36.5 Å². The van der Waals surface area contributed by atoms with Crippen LogP contribution in [-0.2, 0) is 0 Å². The first-order valence-corrected chi connectivity index (χ1v) is 4.29. The van der Waals surface area contributed by atoms with E-state index in [0.717, 1.165) is 0 Å². The molecule has 8 heteroatoms. The minimum absolute atomic E-state index is 0.237. The predicted octanol–water partition coefficient (Wildman–Crippen LogP) is -0.586. The van der Waals surface area contributed by atoms with Gasteiger partial charge < -0.3 is 5.32 Å². The normalized spacial score (nSPS) is 12.3. The second-order valence-electron chi connectivity index (χ2n) is 2.92. The van der Waals surface area contributed by atoms with Crippen molar-refractivity contribution >= 4 is 5.91 Å². The number of H-pyrrole nitrogens is 2. The Morgan fingerprint density at radius 2 is 2.40 bits per heavy atom. The number of carbonyl (C=O) groups is 1. The minimum atomic E-state index is -0.312. The predicted molar refractivity (Wildman–Crippen MR) is 48.6 cm³/mol. The van der Waals surface area contributed by atoms with Gasteiger partial charge in [-0.1, -0.05) is 0 Å². The van der Waals surface area contributed by atoms with Crippen LogP contribution in [0.3, 0.4) is 0 Å². The van der Waals surface area contributed by atoms with Crippen LogP contribution in [0, 0.1) is 0 Å². The van der Waals surface area contributed by atoms with Gasteiger partial charge in [0.2, 0.25) is 0 Å². The summed E-state index contributed by atoms with van der Waals surface area (Å²) in [4.78, 5) is 15.4. The fourth-order valence-corrected chi connectivity index (χ4v) is 1.07. The summed E-state index contributed by atoms with van der Waals surface area (Å²) in [5.74, 6) is 0.277. The van der Waals surface area contributed by atoms with Crippen LogP contribution in [0.5, 0.6) is 0 Å². The number of amides is 1. The van der Waals surface area contributed by atoms with E-state index in [2.05, 4.69) is 35.9 Å². The standard InChI is InChI=1S/C7H9N7O/c1-4(6-8-3-10-13-6)11-7(15)5-2-9-14-12-5/h2-4H,1H3,(H,11,15)(H,8,10,13)(H,9,12,14). The Morgan fingerprint density at radius 1 is 1.53 bits per heavy atom. The Morgan fingerprint density at radius 3 is 3.00 bits per heavy atom. The van der Waals surface area contributed by atoms with Crippen molar-refractivity contribution in [2.24, 2.45) is 0 Å². The maximum Gasteiger partial charge on any atom is 0.274 e. The molecule has 0 aliphatic carbocycles. The summed E-state index contributed by atoms with van der Waals surface area (Å²) in [5.41, 5.74) is 0.237. The van der Waals surface area contributed by atoms with Gasteiger partial charge in [-0.05, 0) is 6.92 Å². The smallest absolute Gasteiger partial charge is 0.274 e. The molecule has 0 radical (unpaired) electrons. The van der Waals surface area contributed by atoms with Crippen molar-refractivity contribution in [2.45, 2.75) is 13.0 Å². The first kappa shape index (κ1) is 9.31. The third-order valence-corrected chi connectivity index (χ3v) is 1.84. The minimum Gasteiger partial charge on any atom is -0.341 e. The van der Waals surface area contributed by atoms with Crippen molar-refractivity contribution in [3.63, 3.8) is 0 Å². The molecule has 8 nitrogen and oxygen atoms in total. The summed E-state index contributed by atoms with van der Waals surface area (Å²) >= 11 is 0. The summed E-state index contributed by atoms with van der Waals surface area (Å²) in [6.07, 6.45) is 2.73. The van der Waals surface area contributed by atoms with E-state index in [4.69, 9.17) is 0 Å².